The lowest BCUT2D eigenvalue weighted by Crippen LogP contribution is -2.18. The van der Waals surface area contributed by atoms with Crippen LogP contribution in [0.1, 0.15) is 33.6 Å². The molecule has 10 heavy (non-hydrogen) atoms. The standard InChI is InChI=1S/C9H16O/c1-6(2)9-7(3)4-5-8(9)10/h6-7,9H,4-5H2,1-3H3/t7-,9+/m0/s1. The first-order valence-corrected chi connectivity index (χ1v) is 4.15. The molecule has 0 N–H and O–H groups in total. The Morgan fingerprint density at radius 3 is 2.30 bits per heavy atom. The molecule has 0 aromatic carbocycles. The van der Waals surface area contributed by atoms with Crippen molar-refractivity contribution in [3.05, 3.63) is 0 Å². The van der Waals surface area contributed by atoms with Crippen molar-refractivity contribution in [1.82, 2.24) is 0 Å². The third-order valence-corrected chi connectivity index (χ3v) is 2.55. The molecule has 0 spiro atoms. The molecule has 58 valence electrons. The first kappa shape index (κ1) is 7.77. The zero-order valence-corrected chi connectivity index (χ0v) is 7.05. The SMILES string of the molecule is CC(C)[C@H]1C(=O)CC[C@@H]1C. The fourth-order valence-electron chi connectivity index (χ4n) is 2.06. The monoisotopic (exact) mass is 140 g/mol. The Morgan fingerprint density at radius 2 is 2.10 bits per heavy atom. The van der Waals surface area contributed by atoms with E-state index in [4.69, 9.17) is 0 Å². The molecule has 0 saturated heterocycles. The Balaban J connectivity index is 2.63. The molecule has 0 radical (unpaired) electrons. The van der Waals surface area contributed by atoms with Gasteiger partial charge in [-0.25, -0.2) is 0 Å². The highest BCUT2D eigenvalue weighted by atomic mass is 16.1. The fourth-order valence-corrected chi connectivity index (χ4v) is 2.06. The second kappa shape index (κ2) is 2.73. The van der Waals surface area contributed by atoms with E-state index in [9.17, 15) is 4.79 Å². The molecule has 0 aliphatic heterocycles. The predicted octanol–water partition coefficient (Wildman–Crippen LogP) is 2.26. The van der Waals surface area contributed by atoms with E-state index in [0.717, 1.165) is 12.8 Å². The van der Waals surface area contributed by atoms with Crippen molar-refractivity contribution in [1.29, 1.82) is 0 Å². The molecule has 1 saturated carbocycles. The van der Waals surface area contributed by atoms with Crippen molar-refractivity contribution in [3.63, 3.8) is 0 Å². The largest absolute Gasteiger partial charge is 0.299 e. The van der Waals surface area contributed by atoms with E-state index in [1.54, 1.807) is 0 Å². The molecule has 1 aliphatic rings. The van der Waals surface area contributed by atoms with Crippen LogP contribution in [0.4, 0.5) is 0 Å². The van der Waals surface area contributed by atoms with E-state index in [1.165, 1.54) is 0 Å². The van der Waals surface area contributed by atoms with Gasteiger partial charge in [-0.1, -0.05) is 20.8 Å². The summed E-state index contributed by atoms with van der Waals surface area (Å²) in [7, 11) is 0. The summed E-state index contributed by atoms with van der Waals surface area (Å²) in [6.45, 7) is 6.48. The minimum atomic E-state index is 0.361. The number of carbonyl (C=O) groups is 1. The summed E-state index contributed by atoms with van der Waals surface area (Å²) in [5, 5.41) is 0. The van der Waals surface area contributed by atoms with E-state index in [1.807, 2.05) is 0 Å². The number of Topliss-reactive ketones (excluding diaryl/α,β-unsaturated/α-hetero) is 1. The Labute approximate surface area is 62.8 Å². The Kier molecular flexibility index (Phi) is 2.12. The number of hydrogen-bond donors (Lipinski definition) is 0. The summed E-state index contributed by atoms with van der Waals surface area (Å²) >= 11 is 0. The van der Waals surface area contributed by atoms with Crippen LogP contribution in [0.15, 0.2) is 0 Å². The molecule has 0 heterocycles. The molecule has 1 fully saturated rings. The van der Waals surface area contributed by atoms with Crippen LogP contribution in [0.25, 0.3) is 0 Å². The topological polar surface area (TPSA) is 17.1 Å². The van der Waals surface area contributed by atoms with Crippen LogP contribution in [0, 0.1) is 17.8 Å². The second-order valence-electron chi connectivity index (χ2n) is 3.75. The summed E-state index contributed by atoms with van der Waals surface area (Å²) in [6, 6.07) is 0. The minimum Gasteiger partial charge on any atom is -0.299 e. The lowest BCUT2D eigenvalue weighted by Gasteiger charge is -2.17. The van der Waals surface area contributed by atoms with Gasteiger partial charge in [-0.3, -0.25) is 4.79 Å². The third kappa shape index (κ3) is 1.23. The van der Waals surface area contributed by atoms with Gasteiger partial charge >= 0.3 is 0 Å². The molecular weight excluding hydrogens is 124 g/mol. The molecule has 1 nitrogen and oxygen atoms in total. The van der Waals surface area contributed by atoms with E-state index in [-0.39, 0.29) is 0 Å². The van der Waals surface area contributed by atoms with Gasteiger partial charge in [-0.2, -0.15) is 0 Å². The zero-order valence-electron chi connectivity index (χ0n) is 7.05. The maximum atomic E-state index is 11.2. The highest BCUT2D eigenvalue weighted by Gasteiger charge is 2.33. The fraction of sp³-hybridized carbons (Fsp3) is 0.889. The maximum Gasteiger partial charge on any atom is 0.136 e. The van der Waals surface area contributed by atoms with Gasteiger partial charge in [0.25, 0.3) is 0 Å². The predicted molar refractivity (Wildman–Crippen MR) is 41.7 cm³/mol. The first-order valence-electron chi connectivity index (χ1n) is 4.15. The highest BCUT2D eigenvalue weighted by Crippen LogP contribution is 2.33. The summed E-state index contributed by atoms with van der Waals surface area (Å²) in [6.07, 6.45) is 1.94. The summed E-state index contributed by atoms with van der Waals surface area (Å²) in [4.78, 5) is 11.2. The molecular formula is C9H16O. The Bertz CT molecular complexity index is 138. The Morgan fingerprint density at radius 1 is 1.50 bits per heavy atom. The molecule has 0 bridgehead atoms. The van der Waals surface area contributed by atoms with E-state index in [0.29, 0.717) is 23.5 Å². The van der Waals surface area contributed by atoms with Crippen LogP contribution in [0.2, 0.25) is 0 Å². The average molecular weight is 140 g/mol. The molecule has 0 aromatic heterocycles. The quantitative estimate of drug-likeness (QED) is 0.546. The van der Waals surface area contributed by atoms with Crippen molar-refractivity contribution in [3.8, 4) is 0 Å². The molecule has 0 aromatic rings. The van der Waals surface area contributed by atoms with Gasteiger partial charge in [-0.05, 0) is 18.3 Å². The molecule has 2 atom stereocenters. The van der Waals surface area contributed by atoms with Gasteiger partial charge in [-0.15, -0.1) is 0 Å². The van der Waals surface area contributed by atoms with Gasteiger partial charge in [0.15, 0.2) is 0 Å². The van der Waals surface area contributed by atoms with Crippen LogP contribution < -0.4 is 0 Å². The summed E-state index contributed by atoms with van der Waals surface area (Å²) in [5.74, 6) is 2.03. The van der Waals surface area contributed by atoms with Crippen molar-refractivity contribution in [2.75, 3.05) is 0 Å². The molecule has 1 aliphatic carbocycles. The van der Waals surface area contributed by atoms with E-state index >= 15 is 0 Å². The highest BCUT2D eigenvalue weighted by molar-refractivity contribution is 5.83. The summed E-state index contributed by atoms with van der Waals surface area (Å²) < 4.78 is 0. The van der Waals surface area contributed by atoms with Crippen molar-refractivity contribution in [2.24, 2.45) is 17.8 Å². The van der Waals surface area contributed by atoms with Crippen LogP contribution in [0.3, 0.4) is 0 Å². The third-order valence-electron chi connectivity index (χ3n) is 2.55. The number of hydrogen-bond acceptors (Lipinski definition) is 1. The maximum absolute atomic E-state index is 11.2. The van der Waals surface area contributed by atoms with Gasteiger partial charge in [0, 0.05) is 12.3 Å². The van der Waals surface area contributed by atoms with Crippen molar-refractivity contribution < 1.29 is 4.79 Å². The van der Waals surface area contributed by atoms with Gasteiger partial charge in [0.1, 0.15) is 5.78 Å². The molecule has 1 rings (SSSR count). The smallest absolute Gasteiger partial charge is 0.136 e. The van der Waals surface area contributed by atoms with Gasteiger partial charge in [0.2, 0.25) is 0 Å². The molecule has 0 unspecified atom stereocenters. The number of carbonyl (C=O) groups excluding carboxylic acids is 1. The second-order valence-corrected chi connectivity index (χ2v) is 3.75. The molecule has 0 amide bonds. The van der Waals surface area contributed by atoms with E-state index < -0.39 is 0 Å². The minimum absolute atomic E-state index is 0.361. The van der Waals surface area contributed by atoms with Crippen LogP contribution in [-0.4, -0.2) is 5.78 Å². The van der Waals surface area contributed by atoms with Crippen LogP contribution in [0.5, 0.6) is 0 Å². The average Bonchev–Trinajstić information content (AvgIpc) is 2.11. The molecule has 1 heteroatoms. The number of rotatable bonds is 1. The van der Waals surface area contributed by atoms with E-state index in [2.05, 4.69) is 20.8 Å². The van der Waals surface area contributed by atoms with Gasteiger partial charge < -0.3 is 0 Å². The first-order chi connectivity index (χ1) is 4.63. The van der Waals surface area contributed by atoms with Gasteiger partial charge in [0.05, 0.1) is 0 Å². The Hall–Kier alpha value is -0.330. The zero-order chi connectivity index (χ0) is 7.72. The normalized spacial score (nSPS) is 33.8. The lowest BCUT2D eigenvalue weighted by atomic mass is 9.87. The summed E-state index contributed by atoms with van der Waals surface area (Å²) in [5.41, 5.74) is 0. The van der Waals surface area contributed by atoms with Crippen molar-refractivity contribution in [2.45, 2.75) is 33.6 Å². The van der Waals surface area contributed by atoms with Crippen LogP contribution in [-0.2, 0) is 4.79 Å². The lowest BCUT2D eigenvalue weighted by molar-refractivity contribution is -0.122. The number of ketones is 1. The van der Waals surface area contributed by atoms with Crippen LogP contribution >= 0.6 is 0 Å². The van der Waals surface area contributed by atoms with Crippen molar-refractivity contribution >= 4 is 5.78 Å².